The van der Waals surface area contributed by atoms with Crippen LogP contribution in [0.4, 0.5) is 5.13 Å². The Balaban J connectivity index is 1.81. The van der Waals surface area contributed by atoms with Gasteiger partial charge >= 0.3 is 0 Å². The highest BCUT2D eigenvalue weighted by Crippen LogP contribution is 2.13. The Morgan fingerprint density at radius 3 is 2.78 bits per heavy atom. The predicted octanol–water partition coefficient (Wildman–Crippen LogP) is 2.04. The monoisotopic (exact) mass is 261 g/mol. The molecule has 0 unspecified atom stereocenters. The van der Waals surface area contributed by atoms with Crippen molar-refractivity contribution in [1.29, 1.82) is 0 Å². The molecule has 0 fully saturated rings. The normalized spacial score (nSPS) is 10.1. The summed E-state index contributed by atoms with van der Waals surface area (Å²) >= 11 is 1.53. The van der Waals surface area contributed by atoms with E-state index in [2.05, 4.69) is 15.6 Å². The van der Waals surface area contributed by atoms with E-state index >= 15 is 0 Å². The van der Waals surface area contributed by atoms with Gasteiger partial charge in [-0.1, -0.05) is 30.3 Å². The second kappa shape index (κ2) is 6.16. The first-order valence-electron chi connectivity index (χ1n) is 5.70. The second-order valence-electron chi connectivity index (χ2n) is 3.83. The quantitative estimate of drug-likeness (QED) is 0.866. The van der Waals surface area contributed by atoms with Gasteiger partial charge < -0.3 is 10.6 Å². The van der Waals surface area contributed by atoms with Crippen LogP contribution in [0.3, 0.4) is 0 Å². The van der Waals surface area contributed by atoms with E-state index < -0.39 is 0 Å². The smallest absolute Gasteiger partial charge is 0.224 e. The summed E-state index contributed by atoms with van der Waals surface area (Å²) in [6.45, 7) is 0.476. The number of aromatic nitrogens is 1. The van der Waals surface area contributed by atoms with Crippen LogP contribution in [0.25, 0.3) is 0 Å². The van der Waals surface area contributed by atoms with Gasteiger partial charge in [0.25, 0.3) is 0 Å². The Morgan fingerprint density at radius 1 is 1.33 bits per heavy atom. The lowest BCUT2D eigenvalue weighted by Gasteiger charge is -2.03. The lowest BCUT2D eigenvalue weighted by molar-refractivity contribution is -0.120. The van der Waals surface area contributed by atoms with Crippen LogP contribution in [0, 0.1) is 0 Å². The largest absolute Gasteiger partial charge is 0.365 e. The summed E-state index contributed by atoms with van der Waals surface area (Å²) in [6, 6.07) is 9.70. The molecule has 2 N–H and O–H groups in total. The Morgan fingerprint density at radius 2 is 2.11 bits per heavy atom. The molecule has 1 aromatic heterocycles. The standard InChI is InChI=1S/C13H15N3OS/c1-14-13-16-11(9-18-13)8-15-12(17)7-10-5-3-2-4-6-10/h2-6,9H,7-8H2,1H3,(H,14,16)(H,15,17). The summed E-state index contributed by atoms with van der Waals surface area (Å²) < 4.78 is 0. The molecule has 0 saturated heterocycles. The number of nitrogens with zero attached hydrogens (tertiary/aromatic N) is 1. The third-order valence-electron chi connectivity index (χ3n) is 2.44. The number of carbonyl (C=O) groups is 1. The second-order valence-corrected chi connectivity index (χ2v) is 4.69. The predicted molar refractivity (Wildman–Crippen MR) is 73.7 cm³/mol. The molecule has 0 aliphatic heterocycles. The molecule has 5 heteroatoms. The Labute approximate surface area is 110 Å². The SMILES string of the molecule is CNc1nc(CNC(=O)Cc2ccccc2)cs1. The van der Waals surface area contributed by atoms with E-state index in [9.17, 15) is 4.79 Å². The summed E-state index contributed by atoms with van der Waals surface area (Å²) in [5.74, 6) is 0.0141. The summed E-state index contributed by atoms with van der Waals surface area (Å²) in [5.41, 5.74) is 1.90. The van der Waals surface area contributed by atoms with Crippen molar-refractivity contribution in [3.8, 4) is 0 Å². The number of anilines is 1. The molecule has 0 aliphatic rings. The minimum absolute atomic E-state index is 0.0141. The highest BCUT2D eigenvalue weighted by atomic mass is 32.1. The average Bonchev–Trinajstić information content (AvgIpc) is 2.85. The number of amides is 1. The Kier molecular flexibility index (Phi) is 4.30. The first-order chi connectivity index (χ1) is 8.78. The number of carbonyl (C=O) groups excluding carboxylic acids is 1. The highest BCUT2D eigenvalue weighted by molar-refractivity contribution is 7.13. The van der Waals surface area contributed by atoms with Gasteiger partial charge in [-0.25, -0.2) is 4.98 Å². The molecule has 1 aromatic carbocycles. The number of thiazole rings is 1. The van der Waals surface area contributed by atoms with E-state index in [0.29, 0.717) is 13.0 Å². The molecule has 0 saturated carbocycles. The van der Waals surface area contributed by atoms with Crippen LogP contribution in [0.5, 0.6) is 0 Å². The number of benzene rings is 1. The van der Waals surface area contributed by atoms with E-state index in [-0.39, 0.29) is 5.91 Å². The van der Waals surface area contributed by atoms with Crippen LogP contribution in [0.1, 0.15) is 11.3 Å². The summed E-state index contributed by atoms with van der Waals surface area (Å²) in [7, 11) is 1.83. The zero-order valence-electron chi connectivity index (χ0n) is 10.1. The molecule has 0 atom stereocenters. The summed E-state index contributed by atoms with van der Waals surface area (Å²) in [4.78, 5) is 16.0. The fourth-order valence-electron chi connectivity index (χ4n) is 1.54. The molecule has 0 radical (unpaired) electrons. The van der Waals surface area contributed by atoms with E-state index in [1.807, 2.05) is 42.8 Å². The van der Waals surface area contributed by atoms with Crippen LogP contribution in [-0.4, -0.2) is 17.9 Å². The van der Waals surface area contributed by atoms with Crippen molar-refractivity contribution in [3.05, 3.63) is 47.0 Å². The number of hydrogen-bond donors (Lipinski definition) is 2. The van der Waals surface area contributed by atoms with Crippen LogP contribution < -0.4 is 10.6 Å². The lowest BCUT2D eigenvalue weighted by Crippen LogP contribution is -2.24. The van der Waals surface area contributed by atoms with Crippen LogP contribution in [0.15, 0.2) is 35.7 Å². The van der Waals surface area contributed by atoms with E-state index in [0.717, 1.165) is 16.4 Å². The molecule has 0 aliphatic carbocycles. The minimum Gasteiger partial charge on any atom is -0.365 e. The third kappa shape index (κ3) is 3.56. The van der Waals surface area contributed by atoms with Crippen LogP contribution in [0.2, 0.25) is 0 Å². The van der Waals surface area contributed by atoms with E-state index in [4.69, 9.17) is 0 Å². The van der Waals surface area contributed by atoms with Crippen molar-refractivity contribution in [2.24, 2.45) is 0 Å². The van der Waals surface area contributed by atoms with Crippen molar-refractivity contribution >= 4 is 22.4 Å². The van der Waals surface area contributed by atoms with Crippen LogP contribution in [-0.2, 0) is 17.8 Å². The van der Waals surface area contributed by atoms with Crippen molar-refractivity contribution in [1.82, 2.24) is 10.3 Å². The number of nitrogens with one attached hydrogen (secondary N) is 2. The molecule has 18 heavy (non-hydrogen) atoms. The van der Waals surface area contributed by atoms with Gasteiger partial charge in [0.1, 0.15) is 0 Å². The third-order valence-corrected chi connectivity index (χ3v) is 3.35. The topological polar surface area (TPSA) is 54.0 Å². The minimum atomic E-state index is 0.0141. The molecule has 0 spiro atoms. The molecule has 0 bridgehead atoms. The fourth-order valence-corrected chi connectivity index (χ4v) is 2.21. The average molecular weight is 261 g/mol. The van der Waals surface area contributed by atoms with Crippen LogP contribution >= 0.6 is 11.3 Å². The lowest BCUT2D eigenvalue weighted by atomic mass is 10.1. The zero-order valence-corrected chi connectivity index (χ0v) is 11.0. The Hall–Kier alpha value is -1.88. The molecule has 94 valence electrons. The van der Waals surface area contributed by atoms with Gasteiger partial charge in [0.05, 0.1) is 18.7 Å². The molecule has 2 rings (SSSR count). The van der Waals surface area contributed by atoms with E-state index in [1.165, 1.54) is 11.3 Å². The summed E-state index contributed by atoms with van der Waals surface area (Å²) in [6.07, 6.45) is 0.407. The molecular formula is C13H15N3OS. The zero-order chi connectivity index (χ0) is 12.8. The first-order valence-corrected chi connectivity index (χ1v) is 6.58. The van der Waals surface area contributed by atoms with Crippen molar-refractivity contribution < 1.29 is 4.79 Å². The van der Waals surface area contributed by atoms with E-state index in [1.54, 1.807) is 0 Å². The molecule has 4 nitrogen and oxygen atoms in total. The Bertz CT molecular complexity index is 510. The maximum absolute atomic E-state index is 11.7. The van der Waals surface area contributed by atoms with Gasteiger partial charge in [-0.05, 0) is 5.56 Å². The molecule has 1 heterocycles. The maximum atomic E-state index is 11.7. The molecule has 2 aromatic rings. The van der Waals surface area contributed by atoms with Gasteiger partial charge in [-0.3, -0.25) is 4.79 Å². The summed E-state index contributed by atoms with van der Waals surface area (Å²) in [5, 5.41) is 8.63. The molecular weight excluding hydrogens is 246 g/mol. The van der Waals surface area contributed by atoms with Crippen molar-refractivity contribution in [2.75, 3.05) is 12.4 Å². The fraction of sp³-hybridized carbons (Fsp3) is 0.231. The van der Waals surface area contributed by atoms with Gasteiger partial charge in [0.15, 0.2) is 5.13 Å². The van der Waals surface area contributed by atoms with Gasteiger partial charge in [0, 0.05) is 12.4 Å². The molecule has 1 amide bonds. The van der Waals surface area contributed by atoms with Crippen molar-refractivity contribution in [3.63, 3.8) is 0 Å². The van der Waals surface area contributed by atoms with Crippen molar-refractivity contribution in [2.45, 2.75) is 13.0 Å². The van der Waals surface area contributed by atoms with Gasteiger partial charge in [0.2, 0.25) is 5.91 Å². The maximum Gasteiger partial charge on any atom is 0.224 e. The number of rotatable bonds is 5. The highest BCUT2D eigenvalue weighted by Gasteiger charge is 2.04. The van der Waals surface area contributed by atoms with Gasteiger partial charge in [-0.2, -0.15) is 0 Å². The first kappa shape index (κ1) is 12.6. The number of hydrogen-bond acceptors (Lipinski definition) is 4. The van der Waals surface area contributed by atoms with Gasteiger partial charge in [-0.15, -0.1) is 11.3 Å².